The number of benzene rings is 3. The molecule has 7 nitrogen and oxygen atoms in total. The number of hydrogen-bond donors (Lipinski definition) is 2. The van der Waals surface area contributed by atoms with Crippen LogP contribution in [0.3, 0.4) is 0 Å². The number of nitrogens with two attached hydrogens (primary N) is 1. The van der Waals surface area contributed by atoms with Gasteiger partial charge in [-0.3, -0.25) is 5.41 Å². The smallest absolute Gasteiger partial charge is 0.340 e. The van der Waals surface area contributed by atoms with Crippen molar-refractivity contribution < 1.29 is 17.3 Å². The summed E-state index contributed by atoms with van der Waals surface area (Å²) >= 11 is 6.14. The van der Waals surface area contributed by atoms with Crippen LogP contribution in [0.25, 0.3) is 10.8 Å². The number of guanidine groups is 1. The number of methoxy groups -OCH3 is 1. The number of rotatable bonds is 5. The average Bonchev–Trinajstić information content (AvgIpc) is 2.79. The van der Waals surface area contributed by atoms with Crippen LogP contribution >= 0.6 is 11.6 Å². The van der Waals surface area contributed by atoms with Crippen LogP contribution in [0.1, 0.15) is 24.3 Å². The van der Waals surface area contributed by atoms with Gasteiger partial charge in [0.25, 0.3) is 0 Å². The maximum atomic E-state index is 13.1. The van der Waals surface area contributed by atoms with Crippen molar-refractivity contribution in [2.24, 2.45) is 5.73 Å². The second kappa shape index (κ2) is 8.88. The normalized spacial score (nSPS) is 15.0. The zero-order valence-corrected chi connectivity index (χ0v) is 19.1. The molecule has 0 saturated carbocycles. The molecule has 3 aromatic rings. The Kier molecular flexibility index (Phi) is 6.17. The number of likely N-dealkylation sites (tertiary alicyclic amines) is 1. The molecule has 4 rings (SSSR count). The second-order valence-electron chi connectivity index (χ2n) is 7.66. The molecule has 3 N–H and O–H groups in total. The molecule has 168 valence electrons. The van der Waals surface area contributed by atoms with Gasteiger partial charge < -0.3 is 19.6 Å². The first kappa shape index (κ1) is 22.2. The molecular weight excluding hydrogens is 450 g/mol. The predicted octanol–water partition coefficient (Wildman–Crippen LogP) is 4.34. The van der Waals surface area contributed by atoms with Crippen molar-refractivity contribution in [3.63, 3.8) is 0 Å². The summed E-state index contributed by atoms with van der Waals surface area (Å²) in [4.78, 5) is 1.72. The summed E-state index contributed by atoms with van der Waals surface area (Å²) in [6.07, 6.45) is 1.51. The molecule has 0 aliphatic carbocycles. The van der Waals surface area contributed by atoms with Gasteiger partial charge in [0.1, 0.15) is 4.90 Å². The van der Waals surface area contributed by atoms with E-state index < -0.39 is 10.1 Å². The van der Waals surface area contributed by atoms with Gasteiger partial charge in [0, 0.05) is 24.0 Å². The van der Waals surface area contributed by atoms with E-state index in [1.165, 1.54) is 19.2 Å². The molecule has 0 unspecified atom stereocenters. The van der Waals surface area contributed by atoms with Gasteiger partial charge in [0.05, 0.1) is 12.1 Å². The van der Waals surface area contributed by atoms with Crippen molar-refractivity contribution in [1.82, 2.24) is 4.90 Å². The lowest BCUT2D eigenvalue weighted by molar-refractivity contribution is 0.302. The number of halogens is 1. The summed E-state index contributed by atoms with van der Waals surface area (Å²) in [6.45, 7) is 1.29. The number of fused-ring (bicyclic) bond motifs is 1. The first-order valence-electron chi connectivity index (χ1n) is 10.2. The molecule has 1 aliphatic heterocycles. The van der Waals surface area contributed by atoms with Crippen molar-refractivity contribution in [3.8, 4) is 11.5 Å². The minimum Gasteiger partial charge on any atom is -0.492 e. The zero-order valence-electron chi connectivity index (χ0n) is 17.5. The Bertz CT molecular complexity index is 1270. The Balaban J connectivity index is 1.82. The molecule has 1 heterocycles. The Morgan fingerprint density at radius 3 is 2.41 bits per heavy atom. The minimum absolute atomic E-state index is 0.0591. The third kappa shape index (κ3) is 4.20. The van der Waals surface area contributed by atoms with Gasteiger partial charge in [0.2, 0.25) is 0 Å². The van der Waals surface area contributed by atoms with Crippen LogP contribution in [0.4, 0.5) is 0 Å². The van der Waals surface area contributed by atoms with Crippen molar-refractivity contribution in [2.45, 2.75) is 23.7 Å². The lowest BCUT2D eigenvalue weighted by Gasteiger charge is -2.33. The lowest BCUT2D eigenvalue weighted by Crippen LogP contribution is -2.41. The summed E-state index contributed by atoms with van der Waals surface area (Å²) in [6, 6.07) is 15.6. The summed E-state index contributed by atoms with van der Waals surface area (Å²) < 4.78 is 37.7. The van der Waals surface area contributed by atoms with Crippen molar-refractivity contribution in [2.75, 3.05) is 20.2 Å². The summed E-state index contributed by atoms with van der Waals surface area (Å²) in [5.74, 6) is 0.703. The van der Waals surface area contributed by atoms with Crippen LogP contribution in [0, 0.1) is 5.41 Å². The number of piperidine rings is 1. The van der Waals surface area contributed by atoms with Gasteiger partial charge in [-0.05, 0) is 42.3 Å². The van der Waals surface area contributed by atoms with E-state index in [9.17, 15) is 8.42 Å². The van der Waals surface area contributed by atoms with Gasteiger partial charge >= 0.3 is 10.1 Å². The Morgan fingerprint density at radius 2 is 1.75 bits per heavy atom. The van der Waals surface area contributed by atoms with Crippen molar-refractivity contribution in [1.29, 1.82) is 5.41 Å². The van der Waals surface area contributed by atoms with E-state index in [-0.39, 0.29) is 27.5 Å². The maximum absolute atomic E-state index is 13.1. The van der Waals surface area contributed by atoms with E-state index in [1.807, 2.05) is 29.2 Å². The average molecular weight is 474 g/mol. The summed E-state index contributed by atoms with van der Waals surface area (Å²) in [5.41, 5.74) is 6.50. The third-order valence-electron chi connectivity index (χ3n) is 5.76. The van der Waals surface area contributed by atoms with E-state index in [0.717, 1.165) is 23.8 Å². The van der Waals surface area contributed by atoms with E-state index in [0.29, 0.717) is 24.2 Å². The van der Waals surface area contributed by atoms with Gasteiger partial charge in [-0.15, -0.1) is 0 Å². The zero-order chi connectivity index (χ0) is 22.9. The number of nitrogens with zero attached hydrogens (tertiary/aromatic N) is 1. The Morgan fingerprint density at radius 1 is 1.09 bits per heavy atom. The molecule has 1 aliphatic rings. The minimum atomic E-state index is -4.20. The highest BCUT2D eigenvalue weighted by molar-refractivity contribution is 7.87. The molecule has 0 amide bonds. The standard InChI is InChI=1S/C23H24ClN3O4S/c1-30-21-18(15-10-12-27(13-11-15)23(25)26)14-16-6-2-3-7-17(16)22(21)31-32(28,29)20-9-5-4-8-19(20)24/h2-9,14-15H,10-13H2,1H3,(H3,25,26). The summed E-state index contributed by atoms with van der Waals surface area (Å²) in [7, 11) is -2.69. The Labute approximate surface area is 192 Å². The van der Waals surface area contributed by atoms with Gasteiger partial charge in [-0.2, -0.15) is 8.42 Å². The fraction of sp³-hybridized carbons (Fsp3) is 0.261. The fourth-order valence-electron chi connectivity index (χ4n) is 4.15. The van der Waals surface area contributed by atoms with Crippen LogP contribution < -0.4 is 14.7 Å². The molecule has 1 saturated heterocycles. The SMILES string of the molecule is COc1c(C2CCN(C(=N)N)CC2)cc2ccccc2c1OS(=O)(=O)c1ccccc1Cl. The van der Waals surface area contributed by atoms with E-state index in [2.05, 4.69) is 0 Å². The topological polar surface area (TPSA) is 106 Å². The van der Waals surface area contributed by atoms with Crippen molar-refractivity contribution in [3.05, 3.63) is 65.2 Å². The highest BCUT2D eigenvalue weighted by atomic mass is 35.5. The maximum Gasteiger partial charge on any atom is 0.340 e. The van der Waals surface area contributed by atoms with Gasteiger partial charge in [-0.25, -0.2) is 0 Å². The highest BCUT2D eigenvalue weighted by Crippen LogP contribution is 2.45. The van der Waals surface area contributed by atoms with Crippen LogP contribution in [0.15, 0.2) is 59.5 Å². The highest BCUT2D eigenvalue weighted by Gasteiger charge is 2.29. The molecule has 3 aromatic carbocycles. The molecule has 0 aromatic heterocycles. The quantitative estimate of drug-likeness (QED) is 0.324. The van der Waals surface area contributed by atoms with E-state index in [1.54, 1.807) is 18.2 Å². The van der Waals surface area contributed by atoms with Crippen LogP contribution in [0.2, 0.25) is 5.02 Å². The molecule has 0 spiro atoms. The second-order valence-corrected chi connectivity index (χ2v) is 9.59. The van der Waals surface area contributed by atoms with E-state index in [4.69, 9.17) is 31.7 Å². The molecule has 0 bridgehead atoms. The first-order valence-corrected chi connectivity index (χ1v) is 12.0. The number of ether oxygens (including phenoxy) is 1. The first-order chi connectivity index (χ1) is 15.3. The van der Waals surface area contributed by atoms with Crippen LogP contribution in [-0.4, -0.2) is 39.5 Å². The van der Waals surface area contributed by atoms with Crippen LogP contribution in [-0.2, 0) is 10.1 Å². The third-order valence-corrected chi connectivity index (χ3v) is 7.49. The molecule has 32 heavy (non-hydrogen) atoms. The Hall–Kier alpha value is -2.97. The fourth-order valence-corrected chi connectivity index (χ4v) is 5.59. The van der Waals surface area contributed by atoms with Crippen molar-refractivity contribution >= 4 is 38.5 Å². The largest absolute Gasteiger partial charge is 0.492 e. The molecule has 9 heteroatoms. The van der Waals surface area contributed by atoms with Gasteiger partial charge in [-0.1, -0.05) is 48.0 Å². The van der Waals surface area contributed by atoms with Gasteiger partial charge in [0.15, 0.2) is 17.5 Å². The summed E-state index contributed by atoms with van der Waals surface area (Å²) in [5, 5.41) is 9.22. The number of nitrogens with one attached hydrogen (secondary N) is 1. The monoisotopic (exact) mass is 473 g/mol. The number of hydrogen-bond acceptors (Lipinski definition) is 5. The van der Waals surface area contributed by atoms with Crippen LogP contribution in [0.5, 0.6) is 11.5 Å². The molecular formula is C23H24ClN3O4S. The molecule has 0 atom stereocenters. The predicted molar refractivity (Wildman–Crippen MR) is 125 cm³/mol. The molecule has 1 fully saturated rings. The lowest BCUT2D eigenvalue weighted by atomic mass is 9.87. The van der Waals surface area contributed by atoms with E-state index >= 15 is 0 Å². The molecule has 0 radical (unpaired) electrons.